The van der Waals surface area contributed by atoms with Crippen LogP contribution in [0.5, 0.6) is 0 Å². The van der Waals surface area contributed by atoms with Crippen LogP contribution >= 0.6 is 23.1 Å². The van der Waals surface area contributed by atoms with E-state index in [-0.39, 0.29) is 6.54 Å². The monoisotopic (exact) mass is 295 g/mol. The molecule has 0 aliphatic heterocycles. The molecule has 0 aliphatic rings. The summed E-state index contributed by atoms with van der Waals surface area (Å²) >= 11 is 2.88. The van der Waals surface area contributed by atoms with Gasteiger partial charge in [-0.3, -0.25) is 0 Å². The highest BCUT2D eigenvalue weighted by Crippen LogP contribution is 2.26. The van der Waals surface area contributed by atoms with E-state index in [1.165, 1.54) is 11.8 Å². The molecule has 0 radical (unpaired) electrons. The summed E-state index contributed by atoms with van der Waals surface area (Å²) in [7, 11) is 0. The zero-order valence-corrected chi connectivity index (χ0v) is 11.3. The van der Waals surface area contributed by atoms with E-state index in [1.54, 1.807) is 11.3 Å². The van der Waals surface area contributed by atoms with Crippen LogP contribution in [0.1, 0.15) is 11.8 Å². The molecule has 0 saturated carbocycles. The fourth-order valence-corrected chi connectivity index (χ4v) is 2.58. The van der Waals surface area contributed by atoms with Crippen molar-refractivity contribution in [1.29, 1.82) is 0 Å². The average Bonchev–Trinajstić information content (AvgIpc) is 3.16. The van der Waals surface area contributed by atoms with Crippen LogP contribution in [0.3, 0.4) is 0 Å². The molecule has 98 valence electrons. The Morgan fingerprint density at radius 2 is 2.05 bits per heavy atom. The molecule has 0 fully saturated rings. The Morgan fingerprint density at radius 3 is 2.79 bits per heavy atom. The second-order valence-corrected chi connectivity index (χ2v) is 5.31. The van der Waals surface area contributed by atoms with Gasteiger partial charge in [-0.1, -0.05) is 17.8 Å². The number of nitrogens with two attached hydrogens (primary N) is 1. The Balaban J connectivity index is 1.64. The molecule has 7 nitrogen and oxygen atoms in total. The predicted molar refractivity (Wildman–Crippen MR) is 69.4 cm³/mol. The minimum absolute atomic E-state index is 0.233. The minimum atomic E-state index is 0.233. The first-order valence-corrected chi connectivity index (χ1v) is 7.23. The van der Waals surface area contributed by atoms with Gasteiger partial charge >= 0.3 is 0 Å². The van der Waals surface area contributed by atoms with Crippen LogP contribution in [0.25, 0.3) is 10.8 Å². The van der Waals surface area contributed by atoms with Crippen LogP contribution in [0.2, 0.25) is 0 Å². The molecule has 3 heterocycles. The van der Waals surface area contributed by atoms with Crippen LogP contribution in [-0.2, 0) is 12.3 Å². The first-order valence-electron chi connectivity index (χ1n) is 5.36. The standard InChI is InChI=1S/C10H9N5O2S2/c11-4-7-12-15-10(17-7)19-5-8-13-14-9(16-8)6-2-1-3-18-6/h1-3H,4-5,11H2. The molecule has 3 aromatic heterocycles. The summed E-state index contributed by atoms with van der Waals surface area (Å²) < 4.78 is 10.8. The molecular formula is C10H9N5O2S2. The molecule has 3 rings (SSSR count). The van der Waals surface area contributed by atoms with E-state index >= 15 is 0 Å². The highest BCUT2D eigenvalue weighted by atomic mass is 32.2. The second-order valence-electron chi connectivity index (χ2n) is 3.43. The Kier molecular flexibility index (Phi) is 3.58. The fraction of sp³-hybridized carbons (Fsp3) is 0.200. The van der Waals surface area contributed by atoms with Crippen molar-refractivity contribution in [3.8, 4) is 10.8 Å². The Bertz CT molecular complexity index is 648. The molecule has 0 saturated heterocycles. The summed E-state index contributed by atoms with van der Waals surface area (Å²) in [6, 6.07) is 3.87. The van der Waals surface area contributed by atoms with Crippen molar-refractivity contribution in [3.05, 3.63) is 29.3 Å². The van der Waals surface area contributed by atoms with Crippen molar-refractivity contribution in [1.82, 2.24) is 20.4 Å². The average molecular weight is 295 g/mol. The molecule has 0 unspecified atom stereocenters. The van der Waals surface area contributed by atoms with Crippen LogP contribution in [0.4, 0.5) is 0 Å². The SMILES string of the molecule is NCc1nnc(SCc2nnc(-c3cccs3)o2)o1. The van der Waals surface area contributed by atoms with E-state index in [9.17, 15) is 0 Å². The van der Waals surface area contributed by atoms with Crippen molar-refractivity contribution in [2.75, 3.05) is 0 Å². The number of hydrogen-bond donors (Lipinski definition) is 1. The van der Waals surface area contributed by atoms with Crippen LogP contribution in [0.15, 0.2) is 31.6 Å². The topological polar surface area (TPSA) is 104 Å². The molecule has 19 heavy (non-hydrogen) atoms. The van der Waals surface area contributed by atoms with Gasteiger partial charge in [-0.05, 0) is 11.4 Å². The van der Waals surface area contributed by atoms with Gasteiger partial charge in [0.05, 0.1) is 17.2 Å². The van der Waals surface area contributed by atoms with Gasteiger partial charge in [0.1, 0.15) is 0 Å². The predicted octanol–water partition coefficient (Wildman–Crippen LogP) is 1.93. The zero-order valence-electron chi connectivity index (χ0n) is 9.65. The van der Waals surface area contributed by atoms with Crippen molar-refractivity contribution in [3.63, 3.8) is 0 Å². The molecule has 9 heteroatoms. The maximum atomic E-state index is 5.54. The summed E-state index contributed by atoms with van der Waals surface area (Å²) in [5.74, 6) is 1.93. The third-order valence-corrected chi connectivity index (χ3v) is 3.80. The van der Waals surface area contributed by atoms with Crippen molar-refractivity contribution >= 4 is 23.1 Å². The number of thiophene rings is 1. The van der Waals surface area contributed by atoms with Crippen LogP contribution < -0.4 is 5.73 Å². The van der Waals surface area contributed by atoms with Crippen LogP contribution in [-0.4, -0.2) is 20.4 Å². The lowest BCUT2D eigenvalue weighted by molar-refractivity contribution is 0.414. The molecular weight excluding hydrogens is 286 g/mol. The normalized spacial score (nSPS) is 11.0. The van der Waals surface area contributed by atoms with E-state index < -0.39 is 0 Å². The van der Waals surface area contributed by atoms with Gasteiger partial charge < -0.3 is 14.6 Å². The second kappa shape index (κ2) is 5.51. The molecule has 3 aromatic rings. The molecule has 0 aromatic carbocycles. The third-order valence-electron chi connectivity index (χ3n) is 2.14. The summed E-state index contributed by atoms with van der Waals surface area (Å²) in [5, 5.41) is 18.0. The molecule has 2 N–H and O–H groups in total. The maximum absolute atomic E-state index is 5.54. The number of thioether (sulfide) groups is 1. The van der Waals surface area contributed by atoms with Gasteiger partial charge in [0.2, 0.25) is 11.8 Å². The molecule has 0 aliphatic carbocycles. The van der Waals surface area contributed by atoms with E-state index in [1.807, 2.05) is 17.5 Å². The smallest absolute Gasteiger partial charge is 0.277 e. The number of nitrogens with zero attached hydrogens (tertiary/aromatic N) is 4. The van der Waals surface area contributed by atoms with Gasteiger partial charge in [0, 0.05) is 0 Å². The van der Waals surface area contributed by atoms with Crippen molar-refractivity contribution < 1.29 is 8.83 Å². The lowest BCUT2D eigenvalue weighted by atomic mass is 10.5. The summed E-state index contributed by atoms with van der Waals surface area (Å²) in [5.41, 5.74) is 5.38. The van der Waals surface area contributed by atoms with Crippen LogP contribution in [0, 0.1) is 0 Å². The fourth-order valence-electron chi connectivity index (χ4n) is 1.31. The van der Waals surface area contributed by atoms with E-state index in [4.69, 9.17) is 14.6 Å². The van der Waals surface area contributed by atoms with Crippen molar-refractivity contribution in [2.24, 2.45) is 5.73 Å². The maximum Gasteiger partial charge on any atom is 0.277 e. The van der Waals surface area contributed by atoms with Gasteiger partial charge in [0.25, 0.3) is 11.1 Å². The number of aromatic nitrogens is 4. The molecule has 0 spiro atoms. The largest absolute Gasteiger partial charge is 0.419 e. The summed E-state index contributed by atoms with van der Waals surface area (Å²) in [4.78, 5) is 0.951. The molecule has 0 amide bonds. The highest BCUT2D eigenvalue weighted by Gasteiger charge is 2.11. The number of rotatable bonds is 5. The molecule has 0 bridgehead atoms. The lowest BCUT2D eigenvalue weighted by Crippen LogP contribution is -1.95. The highest BCUT2D eigenvalue weighted by molar-refractivity contribution is 7.98. The van der Waals surface area contributed by atoms with E-state index in [0.29, 0.717) is 28.6 Å². The summed E-state index contributed by atoms with van der Waals surface area (Å²) in [6.07, 6.45) is 0. The quantitative estimate of drug-likeness (QED) is 0.712. The van der Waals surface area contributed by atoms with E-state index in [2.05, 4.69) is 20.4 Å². The molecule has 0 atom stereocenters. The van der Waals surface area contributed by atoms with Gasteiger partial charge in [-0.2, -0.15) is 0 Å². The zero-order chi connectivity index (χ0) is 13.1. The lowest BCUT2D eigenvalue weighted by Gasteiger charge is -1.90. The summed E-state index contributed by atoms with van der Waals surface area (Å²) in [6.45, 7) is 0.233. The van der Waals surface area contributed by atoms with Gasteiger partial charge in [0.15, 0.2) is 0 Å². The first-order chi connectivity index (χ1) is 9.35. The number of hydrogen-bond acceptors (Lipinski definition) is 9. The van der Waals surface area contributed by atoms with Gasteiger partial charge in [-0.15, -0.1) is 31.7 Å². The Hall–Kier alpha value is -1.71. The first kappa shape index (κ1) is 12.3. The van der Waals surface area contributed by atoms with Crippen molar-refractivity contribution in [2.45, 2.75) is 17.5 Å². The Labute approximate surface area is 116 Å². The minimum Gasteiger partial charge on any atom is -0.419 e. The Morgan fingerprint density at radius 1 is 1.16 bits per heavy atom. The third kappa shape index (κ3) is 2.83. The van der Waals surface area contributed by atoms with E-state index in [0.717, 1.165) is 4.88 Å². The van der Waals surface area contributed by atoms with Gasteiger partial charge in [-0.25, -0.2) is 0 Å².